The maximum atomic E-state index is 2.30. The molecule has 2 heterocycles. The fourth-order valence-electron chi connectivity index (χ4n) is 0.948. The summed E-state index contributed by atoms with van der Waals surface area (Å²) in [6.07, 6.45) is 2.17. The highest BCUT2D eigenvalue weighted by Crippen LogP contribution is 2.59. The van der Waals surface area contributed by atoms with Crippen LogP contribution in [0.2, 0.25) is 0 Å². The van der Waals surface area contributed by atoms with Gasteiger partial charge in [-0.2, -0.15) is 0 Å². The second-order valence-electron chi connectivity index (χ2n) is 2.14. The summed E-state index contributed by atoms with van der Waals surface area (Å²) in [5.74, 6) is 0. The molecule has 1 aromatic heterocycles. The van der Waals surface area contributed by atoms with Gasteiger partial charge in [0.2, 0.25) is 0 Å². The van der Waals surface area contributed by atoms with E-state index < -0.39 is 0 Å². The van der Waals surface area contributed by atoms with Gasteiger partial charge in [0.05, 0.1) is 4.90 Å². The third-order valence-electron chi connectivity index (χ3n) is 1.51. The molecule has 1 nitrogen and oxygen atoms in total. The van der Waals surface area contributed by atoms with Crippen LogP contribution in [-0.2, 0) is 6.54 Å². The first-order valence-corrected chi connectivity index (χ1v) is 9.60. The molecule has 1 aliphatic heterocycles. The zero-order chi connectivity index (χ0) is 8.39. The van der Waals surface area contributed by atoms with Gasteiger partial charge in [0, 0.05) is 12.7 Å². The van der Waals surface area contributed by atoms with E-state index in [1.807, 2.05) is 51.1 Å². The lowest BCUT2D eigenvalue weighted by molar-refractivity contribution is 0.693. The van der Waals surface area contributed by atoms with E-state index in [1.54, 1.807) is 0 Å². The SMILES string of the molecule is CCn1ccc2c1SSSSS2. The molecule has 0 saturated heterocycles. The molecule has 6 heteroatoms. The van der Waals surface area contributed by atoms with E-state index in [1.165, 1.54) is 9.92 Å². The van der Waals surface area contributed by atoms with Crippen molar-refractivity contribution >= 4 is 51.1 Å². The third kappa shape index (κ3) is 1.92. The van der Waals surface area contributed by atoms with E-state index in [2.05, 4.69) is 23.8 Å². The molecule has 0 bridgehead atoms. The monoisotopic (exact) mass is 253 g/mol. The number of aromatic nitrogens is 1. The van der Waals surface area contributed by atoms with E-state index in [-0.39, 0.29) is 0 Å². The van der Waals surface area contributed by atoms with Gasteiger partial charge in [0.15, 0.2) is 0 Å². The highest BCUT2D eigenvalue weighted by molar-refractivity contribution is 9.36. The standard InChI is InChI=1S/C6H7NS5/c1-2-7-4-3-5-6(7)9-11-12-10-8-5/h3-4H,2H2,1H3. The van der Waals surface area contributed by atoms with Crippen molar-refractivity contribution in [2.45, 2.75) is 23.4 Å². The van der Waals surface area contributed by atoms with E-state index in [0.717, 1.165) is 6.54 Å². The van der Waals surface area contributed by atoms with E-state index >= 15 is 0 Å². The molecular weight excluding hydrogens is 246 g/mol. The van der Waals surface area contributed by atoms with Crippen LogP contribution < -0.4 is 0 Å². The predicted molar refractivity (Wildman–Crippen MR) is 64.6 cm³/mol. The van der Waals surface area contributed by atoms with Crippen LogP contribution in [-0.4, -0.2) is 4.57 Å². The average molecular weight is 253 g/mol. The zero-order valence-corrected chi connectivity index (χ0v) is 10.4. The minimum atomic E-state index is 1.07. The largest absolute Gasteiger partial charge is 0.341 e. The molecule has 2 rings (SSSR count). The van der Waals surface area contributed by atoms with Crippen molar-refractivity contribution in [3.8, 4) is 0 Å². The normalized spacial score (nSPS) is 17.1. The Kier molecular flexibility index (Phi) is 3.59. The van der Waals surface area contributed by atoms with Crippen LogP contribution in [0, 0.1) is 0 Å². The number of aryl methyl sites for hydroxylation is 1. The molecule has 0 amide bonds. The van der Waals surface area contributed by atoms with Crippen molar-refractivity contribution in [3.63, 3.8) is 0 Å². The minimum Gasteiger partial charge on any atom is -0.341 e. The zero-order valence-electron chi connectivity index (χ0n) is 6.35. The molecule has 0 spiro atoms. The Balaban J connectivity index is 2.32. The van der Waals surface area contributed by atoms with Gasteiger partial charge in [0.25, 0.3) is 0 Å². The third-order valence-corrected chi connectivity index (χ3v) is 9.99. The van der Waals surface area contributed by atoms with Crippen LogP contribution in [0.1, 0.15) is 6.92 Å². The van der Waals surface area contributed by atoms with Gasteiger partial charge in [-0.15, -0.1) is 0 Å². The summed E-state index contributed by atoms with van der Waals surface area (Å²) in [6, 6.07) is 2.20. The first-order valence-electron chi connectivity index (χ1n) is 3.45. The average Bonchev–Trinajstić information content (AvgIpc) is 2.33. The molecule has 0 N–H and O–H groups in total. The molecular formula is C6H7NS5. The lowest BCUT2D eigenvalue weighted by Gasteiger charge is -2.02. The topological polar surface area (TPSA) is 4.93 Å². The highest BCUT2D eigenvalue weighted by atomic mass is 33.8. The fourth-order valence-corrected chi connectivity index (χ4v) is 9.97. The Morgan fingerprint density at radius 1 is 1.25 bits per heavy atom. The maximum Gasteiger partial charge on any atom is 0.101 e. The fraction of sp³-hybridized carbons (Fsp3) is 0.333. The van der Waals surface area contributed by atoms with Gasteiger partial charge in [-0.05, 0) is 64.1 Å². The summed E-state index contributed by atoms with van der Waals surface area (Å²) in [5, 5.41) is 1.41. The van der Waals surface area contributed by atoms with Gasteiger partial charge >= 0.3 is 0 Å². The van der Waals surface area contributed by atoms with Gasteiger partial charge < -0.3 is 4.57 Å². The lowest BCUT2D eigenvalue weighted by atomic mass is 10.7. The van der Waals surface area contributed by atoms with E-state index in [0.29, 0.717) is 0 Å². The second kappa shape index (κ2) is 4.50. The van der Waals surface area contributed by atoms with Crippen molar-refractivity contribution in [1.29, 1.82) is 0 Å². The maximum absolute atomic E-state index is 2.30. The molecule has 0 aromatic carbocycles. The molecule has 0 saturated carbocycles. The predicted octanol–water partition coefficient (Wildman–Crippen LogP) is 4.57. The van der Waals surface area contributed by atoms with Gasteiger partial charge in [0.1, 0.15) is 5.03 Å². The van der Waals surface area contributed by atoms with Crippen LogP contribution in [0.15, 0.2) is 22.2 Å². The minimum absolute atomic E-state index is 1.07. The summed E-state index contributed by atoms with van der Waals surface area (Å²) in [7, 11) is 9.26. The number of fused-ring (bicyclic) bond motifs is 1. The highest BCUT2D eigenvalue weighted by Gasteiger charge is 2.14. The lowest BCUT2D eigenvalue weighted by Crippen LogP contribution is -1.91. The van der Waals surface area contributed by atoms with Crippen LogP contribution in [0.3, 0.4) is 0 Å². The molecule has 0 radical (unpaired) electrons. The van der Waals surface area contributed by atoms with Crippen LogP contribution in [0.5, 0.6) is 0 Å². The van der Waals surface area contributed by atoms with Crippen molar-refractivity contribution < 1.29 is 0 Å². The summed E-state index contributed by atoms with van der Waals surface area (Å²) >= 11 is 0. The number of hydrogen-bond donors (Lipinski definition) is 0. The summed E-state index contributed by atoms with van der Waals surface area (Å²) in [4.78, 5) is 1.41. The molecule has 0 aliphatic carbocycles. The molecule has 1 aromatic rings. The Bertz CT molecular complexity index is 271. The Morgan fingerprint density at radius 3 is 2.92 bits per heavy atom. The van der Waals surface area contributed by atoms with Gasteiger partial charge in [-0.3, -0.25) is 0 Å². The van der Waals surface area contributed by atoms with Gasteiger partial charge in [-0.25, -0.2) is 0 Å². The van der Waals surface area contributed by atoms with E-state index in [9.17, 15) is 0 Å². The molecule has 0 atom stereocenters. The Hall–Kier alpha value is 1.03. The Morgan fingerprint density at radius 2 is 2.08 bits per heavy atom. The first-order chi connectivity index (χ1) is 5.92. The molecule has 1 aliphatic rings. The molecule has 66 valence electrons. The summed E-state index contributed by atoms with van der Waals surface area (Å²) in [5.41, 5.74) is 0. The molecule has 0 unspecified atom stereocenters. The van der Waals surface area contributed by atoms with Crippen molar-refractivity contribution in [3.05, 3.63) is 12.3 Å². The Labute approximate surface area is 90.8 Å². The van der Waals surface area contributed by atoms with Crippen molar-refractivity contribution in [1.82, 2.24) is 4.57 Å². The van der Waals surface area contributed by atoms with Gasteiger partial charge in [-0.1, -0.05) is 0 Å². The number of nitrogens with zero attached hydrogens (tertiary/aromatic N) is 1. The van der Waals surface area contributed by atoms with E-state index in [4.69, 9.17) is 0 Å². The number of rotatable bonds is 1. The summed E-state index contributed by atoms with van der Waals surface area (Å²) < 4.78 is 2.30. The van der Waals surface area contributed by atoms with Crippen LogP contribution >= 0.6 is 51.1 Å². The quantitative estimate of drug-likeness (QED) is 0.674. The number of hydrogen-bond acceptors (Lipinski definition) is 5. The second-order valence-corrected chi connectivity index (χ2v) is 9.61. The van der Waals surface area contributed by atoms with Crippen molar-refractivity contribution in [2.24, 2.45) is 0 Å². The van der Waals surface area contributed by atoms with Crippen LogP contribution in [0.25, 0.3) is 0 Å². The smallest absolute Gasteiger partial charge is 0.101 e. The first kappa shape index (κ1) is 9.58. The molecule has 0 fully saturated rings. The molecule has 12 heavy (non-hydrogen) atoms. The van der Waals surface area contributed by atoms with Crippen molar-refractivity contribution in [2.75, 3.05) is 0 Å². The summed E-state index contributed by atoms with van der Waals surface area (Å²) in [6.45, 7) is 3.25. The van der Waals surface area contributed by atoms with Crippen LogP contribution in [0.4, 0.5) is 0 Å².